The van der Waals surface area contributed by atoms with Crippen LogP contribution in [0.15, 0.2) is 182 Å². The quantitative estimate of drug-likeness (QED) is 0.0691. The second kappa shape index (κ2) is 24.4. The molecule has 0 amide bonds. The molecule has 2 saturated heterocycles. The fourth-order valence-electron chi connectivity index (χ4n) is 8.05. The molecule has 2 heterocycles. The molecule has 0 saturated carbocycles. The number of aliphatic hydroxyl groups is 2. The Morgan fingerprint density at radius 1 is 0.338 bits per heavy atom. The maximum atomic E-state index is 12.5. The van der Waals surface area contributed by atoms with Gasteiger partial charge in [0.25, 0.3) is 0 Å². The van der Waals surface area contributed by atoms with E-state index in [9.17, 15) is 10.2 Å². The van der Waals surface area contributed by atoms with Gasteiger partial charge in [-0.25, -0.2) is 0 Å². The average Bonchev–Trinajstić information content (AvgIpc) is 3.35. The van der Waals surface area contributed by atoms with Crippen molar-refractivity contribution in [1.82, 2.24) is 0 Å². The summed E-state index contributed by atoms with van der Waals surface area (Å²) in [7, 11) is 0. The van der Waals surface area contributed by atoms with E-state index in [2.05, 4.69) is 0 Å². The van der Waals surface area contributed by atoms with Crippen molar-refractivity contribution in [1.29, 1.82) is 0 Å². The summed E-state index contributed by atoms with van der Waals surface area (Å²) in [5, 5.41) is 24.3. The van der Waals surface area contributed by atoms with Crippen LogP contribution in [0.3, 0.4) is 0 Å². The van der Waals surface area contributed by atoms with Crippen LogP contribution in [0.5, 0.6) is 0 Å². The van der Waals surface area contributed by atoms with Crippen molar-refractivity contribution in [3.8, 4) is 0 Å². The summed E-state index contributed by atoms with van der Waals surface area (Å²) in [6, 6.07) is 58.7. The van der Waals surface area contributed by atoms with Gasteiger partial charge in [-0.15, -0.1) is 0 Å². The van der Waals surface area contributed by atoms with Gasteiger partial charge in [0.05, 0.1) is 52.9 Å². The van der Waals surface area contributed by atoms with Gasteiger partial charge in [0, 0.05) is 0 Å². The minimum atomic E-state index is -1.42. The zero-order valence-corrected chi connectivity index (χ0v) is 36.3. The largest absolute Gasteiger partial charge is 0.385 e. The first-order valence-corrected chi connectivity index (χ1v) is 22.3. The monoisotopic (exact) mass is 882 g/mol. The van der Waals surface area contributed by atoms with Crippen LogP contribution in [0, 0.1) is 0 Å². The Bertz CT molecular complexity index is 2210. The van der Waals surface area contributed by atoms with Crippen molar-refractivity contribution in [2.24, 2.45) is 0 Å². The molecule has 2 aliphatic heterocycles. The van der Waals surface area contributed by atoms with Gasteiger partial charge in [0.2, 0.25) is 0 Å². The standard InChI is InChI=1S/C54H58O11/c55-47-50(60-34-42-25-13-4-14-26-42)48(59-33-41-23-11-3-12-24-41)45(37-57-31-39-19-7-1-8-20-39)64-54(47)65-49-46(38-58-32-40-21-9-2-10-22-40)63-53(56)52(62-36-44-29-17-6-18-30-44)51(49)61-35-43-27-15-5-16-28-43/h1-30,45-56H,31-38H2/t45-,46-,47-,48-,49-,50-,51+,52-,53+,54-/m1/s1. The van der Waals surface area contributed by atoms with E-state index in [1.54, 1.807) is 0 Å². The summed E-state index contributed by atoms with van der Waals surface area (Å²) in [4.78, 5) is 0. The first kappa shape index (κ1) is 46.4. The Kier molecular flexibility index (Phi) is 17.4. The molecular weight excluding hydrogens is 825 g/mol. The zero-order chi connectivity index (χ0) is 44.5. The molecule has 0 spiro atoms. The minimum Gasteiger partial charge on any atom is -0.385 e. The molecule has 10 atom stereocenters. The third-order valence-corrected chi connectivity index (χ3v) is 11.4. The average molecular weight is 883 g/mol. The zero-order valence-electron chi connectivity index (χ0n) is 36.3. The van der Waals surface area contributed by atoms with Crippen LogP contribution in [0.4, 0.5) is 0 Å². The van der Waals surface area contributed by atoms with Crippen LogP contribution < -0.4 is 0 Å². The van der Waals surface area contributed by atoms with Crippen molar-refractivity contribution in [2.75, 3.05) is 13.2 Å². The lowest BCUT2D eigenvalue weighted by atomic mass is 9.96. The molecule has 2 fully saturated rings. The molecule has 6 aromatic rings. The fourth-order valence-corrected chi connectivity index (χ4v) is 8.05. The number of hydrogen-bond acceptors (Lipinski definition) is 11. The highest BCUT2D eigenvalue weighted by atomic mass is 16.7. The van der Waals surface area contributed by atoms with Gasteiger partial charge in [-0.05, 0) is 33.4 Å². The van der Waals surface area contributed by atoms with E-state index >= 15 is 0 Å². The summed E-state index contributed by atoms with van der Waals surface area (Å²) in [6.07, 6.45) is -10.5. The molecule has 11 heteroatoms. The predicted octanol–water partition coefficient (Wildman–Crippen LogP) is 7.95. The van der Waals surface area contributed by atoms with E-state index in [0.29, 0.717) is 6.61 Å². The Labute approximate surface area is 381 Å². The number of aliphatic hydroxyl groups excluding tert-OH is 2. The van der Waals surface area contributed by atoms with Gasteiger partial charge in [0.15, 0.2) is 12.6 Å². The van der Waals surface area contributed by atoms with Crippen molar-refractivity contribution in [3.63, 3.8) is 0 Å². The molecular formula is C54H58O11. The van der Waals surface area contributed by atoms with Crippen LogP contribution in [0.1, 0.15) is 33.4 Å². The smallest absolute Gasteiger partial charge is 0.187 e. The molecule has 6 aromatic carbocycles. The van der Waals surface area contributed by atoms with Crippen LogP contribution in [0.25, 0.3) is 0 Å². The van der Waals surface area contributed by atoms with Gasteiger partial charge >= 0.3 is 0 Å². The summed E-state index contributed by atoms with van der Waals surface area (Å²) < 4.78 is 59.3. The lowest BCUT2D eigenvalue weighted by Crippen LogP contribution is -2.66. The van der Waals surface area contributed by atoms with E-state index < -0.39 is 61.4 Å². The summed E-state index contributed by atoms with van der Waals surface area (Å²) >= 11 is 0. The van der Waals surface area contributed by atoms with Crippen LogP contribution in [0.2, 0.25) is 0 Å². The number of hydrogen-bond donors (Lipinski definition) is 2. The number of rotatable bonds is 22. The van der Waals surface area contributed by atoms with Gasteiger partial charge < -0.3 is 52.8 Å². The van der Waals surface area contributed by atoms with Crippen molar-refractivity contribution in [3.05, 3.63) is 215 Å². The topological polar surface area (TPSA) is 124 Å². The second-order valence-electron chi connectivity index (χ2n) is 16.2. The van der Waals surface area contributed by atoms with E-state index in [-0.39, 0.29) is 46.2 Å². The van der Waals surface area contributed by atoms with Gasteiger partial charge in [-0.1, -0.05) is 182 Å². The molecule has 340 valence electrons. The van der Waals surface area contributed by atoms with Crippen LogP contribution in [-0.2, 0) is 82.3 Å². The molecule has 0 unspecified atom stereocenters. The second-order valence-corrected chi connectivity index (χ2v) is 16.2. The van der Waals surface area contributed by atoms with E-state index in [0.717, 1.165) is 33.4 Å². The SMILES string of the molecule is O[C@H]1[C@@H](O[C@H]2[C@H](OCc3ccccc3)[C@@H](OCc3ccccc3)[C@@H](O)O[C@@H]2COCc2ccccc2)O[C@H](COCc2ccccc2)[C@@H](OCc2ccccc2)[C@@H]1OCc1ccccc1. The van der Waals surface area contributed by atoms with E-state index in [1.165, 1.54) is 0 Å². The van der Waals surface area contributed by atoms with Crippen molar-refractivity contribution < 1.29 is 52.8 Å². The highest BCUT2D eigenvalue weighted by molar-refractivity contribution is 5.18. The molecule has 0 bridgehead atoms. The van der Waals surface area contributed by atoms with Crippen LogP contribution >= 0.6 is 0 Å². The summed E-state index contributed by atoms with van der Waals surface area (Å²) in [6.45, 7) is 1.46. The molecule has 0 aliphatic carbocycles. The lowest BCUT2D eigenvalue weighted by Gasteiger charge is -2.49. The summed E-state index contributed by atoms with van der Waals surface area (Å²) in [5.74, 6) is 0. The minimum absolute atomic E-state index is 0.0103. The maximum absolute atomic E-state index is 12.5. The Morgan fingerprint density at radius 2 is 0.662 bits per heavy atom. The third-order valence-electron chi connectivity index (χ3n) is 11.4. The first-order chi connectivity index (χ1) is 32.1. The molecule has 2 N–H and O–H groups in total. The molecule has 65 heavy (non-hydrogen) atoms. The Balaban J connectivity index is 1.11. The molecule has 8 rings (SSSR count). The highest BCUT2D eigenvalue weighted by Crippen LogP contribution is 2.35. The molecule has 2 aliphatic rings. The van der Waals surface area contributed by atoms with Crippen LogP contribution in [-0.4, -0.2) is 84.8 Å². The van der Waals surface area contributed by atoms with E-state index in [4.69, 9.17) is 42.6 Å². The Morgan fingerprint density at radius 3 is 1.06 bits per heavy atom. The van der Waals surface area contributed by atoms with Crippen molar-refractivity contribution in [2.45, 2.75) is 101 Å². The van der Waals surface area contributed by atoms with Gasteiger partial charge in [-0.3, -0.25) is 0 Å². The fraction of sp³-hybridized carbons (Fsp3) is 0.333. The maximum Gasteiger partial charge on any atom is 0.187 e. The van der Waals surface area contributed by atoms with Gasteiger partial charge in [-0.2, -0.15) is 0 Å². The number of benzene rings is 6. The highest BCUT2D eigenvalue weighted by Gasteiger charge is 2.53. The van der Waals surface area contributed by atoms with E-state index in [1.807, 2.05) is 182 Å². The molecule has 11 nitrogen and oxygen atoms in total. The first-order valence-electron chi connectivity index (χ1n) is 22.3. The normalized spacial score (nSPS) is 25.6. The molecule has 0 radical (unpaired) electrons. The van der Waals surface area contributed by atoms with Gasteiger partial charge in [0.1, 0.15) is 48.8 Å². The Hall–Kier alpha value is -5.12. The van der Waals surface area contributed by atoms with Crippen molar-refractivity contribution >= 4 is 0 Å². The molecule has 0 aromatic heterocycles. The predicted molar refractivity (Wildman–Crippen MR) is 243 cm³/mol. The lowest BCUT2D eigenvalue weighted by molar-refractivity contribution is -0.370. The number of ether oxygens (including phenoxy) is 9. The summed E-state index contributed by atoms with van der Waals surface area (Å²) in [5.41, 5.74) is 5.63. The third kappa shape index (κ3) is 13.5.